The predicted molar refractivity (Wildman–Crippen MR) is 109 cm³/mol. The Morgan fingerprint density at radius 2 is 1.21 bits per heavy atom. The summed E-state index contributed by atoms with van der Waals surface area (Å²) >= 11 is 0. The number of benzene rings is 2. The number of hydrogen-bond acceptors (Lipinski definition) is 5. The van der Waals surface area contributed by atoms with Crippen molar-refractivity contribution >= 4 is 9.84 Å². The summed E-state index contributed by atoms with van der Waals surface area (Å²) in [6.07, 6.45) is 6.37. The maximum Gasteiger partial charge on any atom is 0.206 e. The van der Waals surface area contributed by atoms with Crippen molar-refractivity contribution in [3.8, 4) is 5.75 Å². The van der Waals surface area contributed by atoms with Crippen molar-refractivity contribution in [2.24, 2.45) is 0 Å². The fourth-order valence-corrected chi connectivity index (χ4v) is 4.31. The molecule has 0 N–H and O–H groups in total. The molecule has 0 aliphatic heterocycles. The highest BCUT2D eigenvalue weighted by molar-refractivity contribution is 7.91. The molecular weight excluding hydrogens is 384 g/mol. The Labute approximate surface area is 169 Å². The van der Waals surface area contributed by atoms with E-state index in [9.17, 15) is 8.42 Å². The first-order valence-electron chi connectivity index (χ1n) is 9.01. The van der Waals surface area contributed by atoms with Crippen molar-refractivity contribution in [2.45, 2.75) is 15.9 Å². The number of hydrogen-bond donors (Lipinski definition) is 0. The smallest absolute Gasteiger partial charge is 0.206 e. The molecule has 2 heterocycles. The number of pyridine rings is 2. The largest absolute Gasteiger partial charge is 0.481 e. The molecule has 0 radical (unpaired) electrons. The molecule has 0 saturated carbocycles. The zero-order valence-corrected chi connectivity index (χ0v) is 16.2. The van der Waals surface area contributed by atoms with Crippen LogP contribution in [0, 0.1) is 0 Å². The highest BCUT2D eigenvalue weighted by atomic mass is 32.2. The van der Waals surface area contributed by atoms with Crippen molar-refractivity contribution in [1.29, 1.82) is 0 Å². The van der Waals surface area contributed by atoms with Gasteiger partial charge in [-0.2, -0.15) is 0 Å². The summed E-state index contributed by atoms with van der Waals surface area (Å²) in [5.74, 6) is 0.459. The maximum absolute atomic E-state index is 12.9. The van der Waals surface area contributed by atoms with E-state index in [1.807, 2.05) is 24.3 Å². The summed E-state index contributed by atoms with van der Waals surface area (Å²) in [7, 11) is -3.63. The van der Waals surface area contributed by atoms with Crippen LogP contribution in [0.5, 0.6) is 5.75 Å². The number of ether oxygens (including phenoxy) is 1. The Morgan fingerprint density at radius 1 is 0.655 bits per heavy atom. The first-order chi connectivity index (χ1) is 14.1. The van der Waals surface area contributed by atoms with E-state index in [1.54, 1.807) is 79.4 Å². The van der Waals surface area contributed by atoms with E-state index in [0.717, 1.165) is 11.1 Å². The van der Waals surface area contributed by atoms with E-state index in [1.165, 1.54) is 0 Å². The quantitative estimate of drug-likeness (QED) is 0.476. The number of rotatable bonds is 6. The molecule has 0 fully saturated rings. The Hall–Kier alpha value is -3.51. The Bertz CT molecular complexity index is 1140. The van der Waals surface area contributed by atoms with Crippen LogP contribution >= 0.6 is 0 Å². The van der Waals surface area contributed by atoms with Crippen molar-refractivity contribution in [3.63, 3.8) is 0 Å². The number of nitrogens with zero attached hydrogens (tertiary/aromatic N) is 2. The maximum atomic E-state index is 12.9. The van der Waals surface area contributed by atoms with Gasteiger partial charge in [0.1, 0.15) is 11.9 Å². The summed E-state index contributed by atoms with van der Waals surface area (Å²) in [4.78, 5) is 8.55. The van der Waals surface area contributed by atoms with Crippen LogP contribution in [-0.2, 0) is 9.84 Å². The lowest BCUT2D eigenvalue weighted by Gasteiger charge is -2.20. The second kappa shape index (κ2) is 8.24. The van der Waals surface area contributed by atoms with E-state index in [0.29, 0.717) is 5.75 Å². The molecule has 4 aromatic rings. The third kappa shape index (κ3) is 4.17. The predicted octanol–water partition coefficient (Wildman–Crippen LogP) is 4.48. The van der Waals surface area contributed by atoms with Gasteiger partial charge in [-0.05, 0) is 65.7 Å². The van der Waals surface area contributed by atoms with Gasteiger partial charge in [0.25, 0.3) is 0 Å². The van der Waals surface area contributed by atoms with Crippen molar-refractivity contribution < 1.29 is 13.2 Å². The third-order valence-corrected chi connectivity index (χ3v) is 6.21. The molecule has 2 aromatic carbocycles. The standard InChI is InChI=1S/C23H18N2O3S/c26-29(27,21-6-2-1-3-7-21)22-8-4-5-20(17-22)28-23(18-9-13-24-14-10-18)19-11-15-25-16-12-19/h1-17,23H. The van der Waals surface area contributed by atoms with Crippen LogP contribution in [0.15, 0.2) is 113 Å². The Balaban J connectivity index is 1.70. The lowest BCUT2D eigenvalue weighted by molar-refractivity contribution is 0.246. The zero-order valence-electron chi connectivity index (χ0n) is 15.4. The summed E-state index contributed by atoms with van der Waals surface area (Å²) in [5, 5.41) is 0. The molecule has 4 rings (SSSR count). The van der Waals surface area contributed by atoms with Gasteiger partial charge >= 0.3 is 0 Å². The van der Waals surface area contributed by atoms with Crippen LogP contribution < -0.4 is 4.74 Å². The summed E-state index contributed by atoms with van der Waals surface area (Å²) in [5.41, 5.74) is 1.81. The van der Waals surface area contributed by atoms with Crippen molar-refractivity contribution in [3.05, 3.63) is 115 Å². The minimum Gasteiger partial charge on any atom is -0.481 e. The van der Waals surface area contributed by atoms with Crippen molar-refractivity contribution in [2.75, 3.05) is 0 Å². The molecule has 0 unspecified atom stereocenters. The molecule has 0 aliphatic rings. The molecule has 2 aromatic heterocycles. The summed E-state index contributed by atoms with van der Waals surface area (Å²) < 4.78 is 32.1. The number of sulfone groups is 1. The molecule has 0 amide bonds. The van der Waals surface area contributed by atoms with E-state index < -0.39 is 15.9 Å². The molecule has 29 heavy (non-hydrogen) atoms. The molecule has 0 spiro atoms. The first kappa shape index (κ1) is 18.8. The third-order valence-electron chi connectivity index (χ3n) is 4.44. The lowest BCUT2D eigenvalue weighted by Crippen LogP contribution is -2.10. The van der Waals surface area contributed by atoms with Crippen LogP contribution in [0.1, 0.15) is 17.2 Å². The van der Waals surface area contributed by atoms with Gasteiger partial charge in [-0.1, -0.05) is 24.3 Å². The molecule has 0 aliphatic carbocycles. The fraction of sp³-hybridized carbons (Fsp3) is 0.0435. The Morgan fingerprint density at radius 3 is 1.79 bits per heavy atom. The molecular formula is C23H18N2O3S. The van der Waals surface area contributed by atoms with Crippen LogP contribution in [0.2, 0.25) is 0 Å². The van der Waals surface area contributed by atoms with Crippen LogP contribution in [0.25, 0.3) is 0 Å². The van der Waals surface area contributed by atoms with E-state index in [-0.39, 0.29) is 9.79 Å². The molecule has 6 heteroatoms. The lowest BCUT2D eigenvalue weighted by atomic mass is 10.0. The van der Waals surface area contributed by atoms with Gasteiger partial charge in [-0.25, -0.2) is 8.42 Å². The minimum atomic E-state index is -3.63. The second-order valence-electron chi connectivity index (χ2n) is 6.35. The number of aromatic nitrogens is 2. The highest BCUT2D eigenvalue weighted by Crippen LogP contribution is 2.30. The van der Waals surface area contributed by atoms with Gasteiger partial charge in [0.05, 0.1) is 9.79 Å². The van der Waals surface area contributed by atoms with Gasteiger partial charge in [-0.15, -0.1) is 0 Å². The second-order valence-corrected chi connectivity index (χ2v) is 8.30. The SMILES string of the molecule is O=S(=O)(c1ccccc1)c1cccc(OC(c2ccncc2)c2ccncc2)c1. The zero-order chi connectivity index (χ0) is 20.1. The van der Waals surface area contributed by atoms with Crippen LogP contribution in [-0.4, -0.2) is 18.4 Å². The highest BCUT2D eigenvalue weighted by Gasteiger charge is 2.20. The normalized spacial score (nSPS) is 11.3. The Kier molecular flexibility index (Phi) is 5.35. The molecule has 0 bridgehead atoms. The van der Waals surface area contributed by atoms with Crippen LogP contribution in [0.3, 0.4) is 0 Å². The summed E-state index contributed by atoms with van der Waals surface area (Å²) in [6.45, 7) is 0. The van der Waals surface area contributed by atoms with Crippen molar-refractivity contribution in [1.82, 2.24) is 9.97 Å². The average Bonchev–Trinajstić information content (AvgIpc) is 2.79. The minimum absolute atomic E-state index is 0.185. The molecule has 144 valence electrons. The fourth-order valence-electron chi connectivity index (χ4n) is 2.99. The van der Waals surface area contributed by atoms with E-state index >= 15 is 0 Å². The average molecular weight is 402 g/mol. The van der Waals surface area contributed by atoms with Gasteiger partial charge in [0, 0.05) is 24.8 Å². The van der Waals surface area contributed by atoms with E-state index in [2.05, 4.69) is 9.97 Å². The van der Waals surface area contributed by atoms with E-state index in [4.69, 9.17) is 4.74 Å². The van der Waals surface area contributed by atoms with Gasteiger partial charge < -0.3 is 4.74 Å². The topological polar surface area (TPSA) is 69.2 Å². The van der Waals surface area contributed by atoms with Gasteiger partial charge in [0.2, 0.25) is 9.84 Å². The molecule has 0 saturated heterocycles. The molecule has 0 atom stereocenters. The monoisotopic (exact) mass is 402 g/mol. The van der Waals surface area contributed by atoms with Crippen LogP contribution in [0.4, 0.5) is 0 Å². The van der Waals surface area contributed by atoms with Gasteiger partial charge in [0.15, 0.2) is 0 Å². The van der Waals surface area contributed by atoms with Gasteiger partial charge in [-0.3, -0.25) is 9.97 Å². The summed E-state index contributed by atoms with van der Waals surface area (Å²) in [6, 6.07) is 22.4. The first-order valence-corrected chi connectivity index (χ1v) is 10.5. The molecule has 5 nitrogen and oxygen atoms in total.